The number of amides is 1. The van der Waals surface area contributed by atoms with Crippen LogP contribution in [0.1, 0.15) is 57.9 Å². The van der Waals surface area contributed by atoms with Crippen molar-refractivity contribution < 1.29 is 15.0 Å². The quantitative estimate of drug-likeness (QED) is 0.590. The summed E-state index contributed by atoms with van der Waals surface area (Å²) in [5, 5.41) is 21.6. The molecule has 3 aromatic rings. The lowest BCUT2D eigenvalue weighted by molar-refractivity contribution is 0.0432. The number of hydrogen-bond donors (Lipinski definition) is 2. The van der Waals surface area contributed by atoms with Crippen LogP contribution in [-0.4, -0.2) is 21.0 Å². The Morgan fingerprint density at radius 2 is 1.71 bits per heavy atom. The minimum Gasteiger partial charge on any atom is -0.508 e. The van der Waals surface area contributed by atoms with Gasteiger partial charge in [0, 0.05) is 24.2 Å². The lowest BCUT2D eigenvalue weighted by Gasteiger charge is -2.26. The van der Waals surface area contributed by atoms with Gasteiger partial charge in [-0.25, -0.2) is 0 Å². The van der Waals surface area contributed by atoms with Gasteiger partial charge in [-0.3, -0.25) is 4.79 Å². The maximum Gasteiger partial charge on any atom is 0.254 e. The molecule has 0 spiro atoms. The van der Waals surface area contributed by atoms with E-state index < -0.39 is 5.60 Å². The predicted molar refractivity (Wildman–Crippen MR) is 122 cm³/mol. The summed E-state index contributed by atoms with van der Waals surface area (Å²) in [6, 6.07) is 21.2. The monoisotopic (exact) mass is 415 g/mol. The van der Waals surface area contributed by atoms with E-state index in [0.29, 0.717) is 30.6 Å². The number of aromatic hydroxyl groups is 1. The van der Waals surface area contributed by atoms with Crippen molar-refractivity contribution in [3.63, 3.8) is 0 Å². The number of aryl methyl sites for hydroxylation is 2. The number of benzene rings is 3. The fourth-order valence-corrected chi connectivity index (χ4v) is 4.40. The lowest BCUT2D eigenvalue weighted by atomic mass is 9.88. The molecule has 31 heavy (non-hydrogen) atoms. The van der Waals surface area contributed by atoms with Gasteiger partial charge < -0.3 is 15.1 Å². The normalized spacial score (nSPS) is 14.9. The first-order valence-electron chi connectivity index (χ1n) is 10.8. The summed E-state index contributed by atoms with van der Waals surface area (Å²) < 4.78 is 0. The van der Waals surface area contributed by atoms with Gasteiger partial charge in [-0.05, 0) is 68.0 Å². The second kappa shape index (κ2) is 8.56. The summed E-state index contributed by atoms with van der Waals surface area (Å²) in [5.41, 5.74) is 4.45. The summed E-state index contributed by atoms with van der Waals surface area (Å²) in [7, 11) is 0. The third kappa shape index (κ3) is 4.64. The Labute approximate surface area is 183 Å². The van der Waals surface area contributed by atoms with Crippen LogP contribution in [-0.2, 0) is 25.1 Å². The van der Waals surface area contributed by atoms with Gasteiger partial charge in [0.05, 0.1) is 5.60 Å². The molecule has 0 saturated heterocycles. The van der Waals surface area contributed by atoms with E-state index in [1.54, 1.807) is 24.0 Å². The molecule has 1 unspecified atom stereocenters. The highest BCUT2D eigenvalue weighted by Gasteiger charge is 2.29. The van der Waals surface area contributed by atoms with Crippen LogP contribution in [0.4, 0.5) is 0 Å². The minimum absolute atomic E-state index is 0.0156. The Hall–Kier alpha value is -3.11. The molecular formula is C27H29NO3. The average Bonchev–Trinajstić information content (AvgIpc) is 3.18. The molecule has 3 aromatic carbocycles. The molecular weight excluding hydrogens is 386 g/mol. The van der Waals surface area contributed by atoms with Gasteiger partial charge in [-0.15, -0.1) is 0 Å². The molecule has 4 rings (SSSR count). The largest absolute Gasteiger partial charge is 0.508 e. The number of hydrogen-bond acceptors (Lipinski definition) is 3. The second-order valence-corrected chi connectivity index (χ2v) is 8.78. The van der Waals surface area contributed by atoms with Crippen LogP contribution in [0, 0.1) is 6.92 Å². The number of carbonyl (C=O) groups excluding carboxylic acids is 1. The minimum atomic E-state index is -1.22. The van der Waals surface area contributed by atoms with Crippen LogP contribution in [0.15, 0.2) is 66.7 Å². The molecule has 0 aliphatic carbocycles. The third-order valence-electron chi connectivity index (χ3n) is 6.16. The van der Waals surface area contributed by atoms with Gasteiger partial charge in [0.2, 0.25) is 0 Å². The van der Waals surface area contributed by atoms with Gasteiger partial charge in [0.15, 0.2) is 0 Å². The first kappa shape index (κ1) is 21.1. The summed E-state index contributed by atoms with van der Waals surface area (Å²) in [6.45, 7) is 4.94. The van der Waals surface area contributed by atoms with Crippen LogP contribution >= 0.6 is 0 Å². The molecule has 4 heteroatoms. The molecule has 1 atom stereocenters. The number of fused-ring (bicyclic) bond motifs is 1. The molecule has 4 nitrogen and oxygen atoms in total. The molecule has 0 fully saturated rings. The molecule has 160 valence electrons. The maximum absolute atomic E-state index is 13.1. The van der Waals surface area contributed by atoms with Crippen LogP contribution in [0.3, 0.4) is 0 Å². The molecule has 1 amide bonds. The lowest BCUT2D eigenvalue weighted by Crippen LogP contribution is -2.27. The maximum atomic E-state index is 13.1. The first-order valence-corrected chi connectivity index (χ1v) is 10.8. The van der Waals surface area contributed by atoms with E-state index >= 15 is 0 Å². The van der Waals surface area contributed by atoms with Crippen molar-refractivity contribution in [2.45, 2.75) is 51.8 Å². The summed E-state index contributed by atoms with van der Waals surface area (Å²) in [4.78, 5) is 14.9. The molecule has 0 saturated carbocycles. The summed E-state index contributed by atoms with van der Waals surface area (Å²) >= 11 is 0. The van der Waals surface area contributed by atoms with Crippen molar-refractivity contribution in [3.05, 3.63) is 100 Å². The van der Waals surface area contributed by atoms with Crippen molar-refractivity contribution >= 4 is 5.91 Å². The molecule has 0 bridgehead atoms. The Kier molecular flexibility index (Phi) is 5.84. The van der Waals surface area contributed by atoms with Crippen molar-refractivity contribution in [2.75, 3.05) is 0 Å². The number of carbonyl (C=O) groups is 1. The van der Waals surface area contributed by atoms with Crippen LogP contribution < -0.4 is 0 Å². The fourth-order valence-electron chi connectivity index (χ4n) is 4.40. The molecule has 1 heterocycles. The first-order chi connectivity index (χ1) is 14.8. The molecule has 1 aliphatic heterocycles. The topological polar surface area (TPSA) is 60.8 Å². The number of nitrogens with zero attached hydrogens (tertiary/aromatic N) is 1. The van der Waals surface area contributed by atoms with E-state index in [-0.39, 0.29) is 11.7 Å². The van der Waals surface area contributed by atoms with E-state index in [9.17, 15) is 15.0 Å². The van der Waals surface area contributed by atoms with Crippen LogP contribution in [0.5, 0.6) is 5.75 Å². The van der Waals surface area contributed by atoms with E-state index in [0.717, 1.165) is 24.0 Å². The van der Waals surface area contributed by atoms with E-state index in [4.69, 9.17) is 0 Å². The summed E-state index contributed by atoms with van der Waals surface area (Å²) in [6.07, 6.45) is 2.11. The Balaban J connectivity index is 1.47. The third-order valence-corrected chi connectivity index (χ3v) is 6.16. The highest BCUT2D eigenvalue weighted by atomic mass is 16.3. The number of phenolic OH excluding ortho intramolecular Hbond substituents is 1. The smallest absolute Gasteiger partial charge is 0.254 e. The van der Waals surface area contributed by atoms with Crippen molar-refractivity contribution in [3.8, 4) is 5.75 Å². The fraction of sp³-hybridized carbons (Fsp3) is 0.296. The Bertz CT molecular complexity index is 1080. The molecule has 0 radical (unpaired) electrons. The van der Waals surface area contributed by atoms with E-state index in [2.05, 4.69) is 25.1 Å². The standard InChI is InChI=1S/C27H29NO3/c1-19-7-5-8-20(15-19)9-6-14-27(2,31)24-16-21(12-13-25(24)29)26(30)28-17-22-10-3-4-11-23(22)18-28/h3-5,7-8,10-13,15-16,29,31H,6,9,14,17-18H2,1-2H3. The number of aliphatic hydroxyl groups is 1. The van der Waals surface area contributed by atoms with Gasteiger partial charge in [-0.2, -0.15) is 0 Å². The highest BCUT2D eigenvalue weighted by Crippen LogP contribution is 2.35. The Morgan fingerprint density at radius 1 is 1.00 bits per heavy atom. The molecule has 0 aromatic heterocycles. The van der Waals surface area contributed by atoms with Crippen LogP contribution in [0.25, 0.3) is 0 Å². The zero-order valence-electron chi connectivity index (χ0n) is 18.1. The SMILES string of the molecule is Cc1cccc(CCCC(C)(O)c2cc(C(=O)N3Cc4ccccc4C3)ccc2O)c1. The number of phenols is 1. The molecule has 1 aliphatic rings. The highest BCUT2D eigenvalue weighted by molar-refractivity contribution is 5.95. The van der Waals surface area contributed by atoms with Crippen molar-refractivity contribution in [2.24, 2.45) is 0 Å². The van der Waals surface area contributed by atoms with Gasteiger partial charge >= 0.3 is 0 Å². The van der Waals surface area contributed by atoms with Gasteiger partial charge in [0.1, 0.15) is 5.75 Å². The van der Waals surface area contributed by atoms with Gasteiger partial charge in [0.25, 0.3) is 5.91 Å². The zero-order chi connectivity index (χ0) is 22.0. The number of rotatable bonds is 6. The molecule has 2 N–H and O–H groups in total. The second-order valence-electron chi connectivity index (χ2n) is 8.78. The van der Waals surface area contributed by atoms with Crippen molar-refractivity contribution in [1.82, 2.24) is 4.90 Å². The Morgan fingerprint density at radius 3 is 2.39 bits per heavy atom. The zero-order valence-corrected chi connectivity index (χ0v) is 18.1. The van der Waals surface area contributed by atoms with Crippen molar-refractivity contribution in [1.29, 1.82) is 0 Å². The average molecular weight is 416 g/mol. The van der Waals surface area contributed by atoms with E-state index in [1.165, 1.54) is 17.2 Å². The van der Waals surface area contributed by atoms with Crippen LogP contribution in [0.2, 0.25) is 0 Å². The van der Waals surface area contributed by atoms with E-state index in [1.807, 2.05) is 30.3 Å². The van der Waals surface area contributed by atoms with Gasteiger partial charge in [-0.1, -0.05) is 54.1 Å². The predicted octanol–water partition coefficient (Wildman–Crippen LogP) is 5.09. The summed E-state index contributed by atoms with van der Waals surface area (Å²) in [5.74, 6) is -0.0742.